The van der Waals surface area contributed by atoms with Crippen molar-refractivity contribution in [1.82, 2.24) is 20.4 Å². The third-order valence-electron chi connectivity index (χ3n) is 7.67. The number of hydrogen-bond acceptors (Lipinski definition) is 4. The van der Waals surface area contributed by atoms with Crippen LogP contribution >= 0.6 is 0 Å². The SMILES string of the molecule is CCN1C(=O)N[C@H](c2cccc(Oc3ccccc3)c2)C2=C1CN([C@H](CC(C)C)C(=O)NCCc1ccccc1)C2=O. The van der Waals surface area contributed by atoms with Crippen molar-refractivity contribution in [2.45, 2.75) is 45.7 Å². The number of urea groups is 1. The van der Waals surface area contributed by atoms with Gasteiger partial charge in [0.2, 0.25) is 5.91 Å². The lowest BCUT2D eigenvalue weighted by atomic mass is 9.95. The number of carbonyl (C=O) groups is 3. The molecule has 5 rings (SSSR count). The topological polar surface area (TPSA) is 91.0 Å². The molecule has 0 unspecified atom stereocenters. The predicted molar refractivity (Wildman–Crippen MR) is 162 cm³/mol. The minimum atomic E-state index is -0.659. The van der Waals surface area contributed by atoms with Crippen molar-refractivity contribution >= 4 is 17.8 Å². The Morgan fingerprint density at radius 2 is 1.67 bits per heavy atom. The molecule has 8 nitrogen and oxygen atoms in total. The number of hydrogen-bond donors (Lipinski definition) is 2. The van der Waals surface area contributed by atoms with Gasteiger partial charge in [0.1, 0.15) is 17.5 Å². The van der Waals surface area contributed by atoms with Crippen molar-refractivity contribution < 1.29 is 19.1 Å². The summed E-state index contributed by atoms with van der Waals surface area (Å²) in [6.45, 7) is 7.06. The van der Waals surface area contributed by atoms with Gasteiger partial charge in [0, 0.05) is 13.1 Å². The molecule has 3 aromatic carbocycles. The minimum Gasteiger partial charge on any atom is -0.457 e. The summed E-state index contributed by atoms with van der Waals surface area (Å²) in [4.78, 5) is 44.2. The van der Waals surface area contributed by atoms with E-state index in [0.29, 0.717) is 48.7 Å². The summed E-state index contributed by atoms with van der Waals surface area (Å²) in [5, 5.41) is 6.09. The van der Waals surface area contributed by atoms with E-state index in [9.17, 15) is 14.4 Å². The fourth-order valence-corrected chi connectivity index (χ4v) is 5.65. The van der Waals surface area contributed by atoms with Gasteiger partial charge in [-0.15, -0.1) is 0 Å². The molecule has 42 heavy (non-hydrogen) atoms. The van der Waals surface area contributed by atoms with Crippen LogP contribution in [0.3, 0.4) is 0 Å². The molecule has 0 aromatic heterocycles. The summed E-state index contributed by atoms with van der Waals surface area (Å²) in [5.41, 5.74) is 3.02. The molecule has 0 radical (unpaired) electrons. The maximum Gasteiger partial charge on any atom is 0.322 e. The zero-order chi connectivity index (χ0) is 29.6. The highest BCUT2D eigenvalue weighted by Gasteiger charge is 2.46. The molecule has 3 aromatic rings. The summed E-state index contributed by atoms with van der Waals surface area (Å²) in [5.74, 6) is 1.07. The first-order chi connectivity index (χ1) is 20.4. The Hall–Kier alpha value is -4.59. The summed E-state index contributed by atoms with van der Waals surface area (Å²) in [6.07, 6.45) is 1.22. The van der Waals surface area contributed by atoms with Gasteiger partial charge in [-0.1, -0.05) is 74.5 Å². The van der Waals surface area contributed by atoms with Crippen molar-refractivity contribution in [2.24, 2.45) is 5.92 Å². The van der Waals surface area contributed by atoms with Crippen LogP contribution in [-0.4, -0.2) is 53.3 Å². The standard InChI is InChI=1S/C34H38N4O4/c1-4-37-29-22-38(28(20-23(2)3)32(39)35-19-18-24-12-7-5-8-13-24)33(40)30(29)31(36-34(37)41)25-14-11-17-27(21-25)42-26-15-9-6-10-16-26/h5-17,21,23,28,31H,4,18-20,22H2,1-3H3,(H,35,39)(H,36,41)/t28-,31-/m1/s1. The smallest absolute Gasteiger partial charge is 0.322 e. The van der Waals surface area contributed by atoms with Crippen LogP contribution in [0.5, 0.6) is 11.5 Å². The van der Waals surface area contributed by atoms with Gasteiger partial charge in [0.15, 0.2) is 0 Å². The normalized spacial score (nSPS) is 17.3. The number of ether oxygens (including phenoxy) is 1. The fourth-order valence-electron chi connectivity index (χ4n) is 5.65. The second-order valence-corrected chi connectivity index (χ2v) is 11.1. The fraction of sp³-hybridized carbons (Fsp3) is 0.324. The quantitative estimate of drug-likeness (QED) is 0.324. The largest absolute Gasteiger partial charge is 0.457 e. The molecule has 2 aliphatic rings. The zero-order valence-electron chi connectivity index (χ0n) is 24.4. The van der Waals surface area contributed by atoms with Gasteiger partial charge in [-0.2, -0.15) is 0 Å². The van der Waals surface area contributed by atoms with Crippen molar-refractivity contribution in [3.8, 4) is 11.5 Å². The van der Waals surface area contributed by atoms with Crippen LogP contribution in [0, 0.1) is 5.92 Å². The number of rotatable bonds is 11. The molecule has 2 aliphatic heterocycles. The Bertz CT molecular complexity index is 1450. The van der Waals surface area contributed by atoms with Gasteiger partial charge in [-0.3, -0.25) is 14.5 Å². The van der Waals surface area contributed by atoms with Crippen molar-refractivity contribution in [3.63, 3.8) is 0 Å². The van der Waals surface area contributed by atoms with Gasteiger partial charge in [-0.25, -0.2) is 4.79 Å². The summed E-state index contributed by atoms with van der Waals surface area (Å²) in [7, 11) is 0. The number of amides is 4. The van der Waals surface area contributed by atoms with Crippen molar-refractivity contribution in [1.29, 1.82) is 0 Å². The Balaban J connectivity index is 1.39. The van der Waals surface area contributed by atoms with E-state index in [1.54, 1.807) is 9.80 Å². The third-order valence-corrected chi connectivity index (χ3v) is 7.67. The highest BCUT2D eigenvalue weighted by atomic mass is 16.5. The Morgan fingerprint density at radius 3 is 2.36 bits per heavy atom. The lowest BCUT2D eigenvalue weighted by Crippen LogP contribution is -2.49. The van der Waals surface area contributed by atoms with Gasteiger partial charge < -0.3 is 20.3 Å². The number of nitrogens with zero attached hydrogens (tertiary/aromatic N) is 2. The molecule has 2 N–H and O–H groups in total. The highest BCUT2D eigenvalue weighted by molar-refractivity contribution is 6.03. The monoisotopic (exact) mass is 566 g/mol. The van der Waals surface area contributed by atoms with E-state index >= 15 is 0 Å². The molecule has 0 bridgehead atoms. The Morgan fingerprint density at radius 1 is 0.976 bits per heavy atom. The lowest BCUT2D eigenvalue weighted by molar-refractivity contribution is -0.137. The molecule has 0 saturated heterocycles. The molecule has 0 fully saturated rings. The maximum absolute atomic E-state index is 14.2. The molecular weight excluding hydrogens is 528 g/mol. The minimum absolute atomic E-state index is 0.176. The summed E-state index contributed by atoms with van der Waals surface area (Å²) in [6, 6.07) is 25.3. The van der Waals surface area contributed by atoms with Crippen molar-refractivity contribution in [2.75, 3.05) is 19.6 Å². The van der Waals surface area contributed by atoms with Crippen LogP contribution in [0.15, 0.2) is 96.2 Å². The summed E-state index contributed by atoms with van der Waals surface area (Å²) < 4.78 is 6.03. The maximum atomic E-state index is 14.2. The van der Waals surface area contributed by atoms with Crippen LogP contribution in [0.1, 0.15) is 44.4 Å². The first-order valence-corrected chi connectivity index (χ1v) is 14.6. The van der Waals surface area contributed by atoms with Crippen molar-refractivity contribution in [3.05, 3.63) is 107 Å². The second kappa shape index (κ2) is 12.9. The van der Waals surface area contributed by atoms with E-state index in [0.717, 1.165) is 11.1 Å². The van der Waals surface area contributed by atoms with E-state index in [4.69, 9.17) is 4.74 Å². The number of para-hydroxylation sites is 1. The van der Waals surface area contributed by atoms with E-state index in [2.05, 4.69) is 10.6 Å². The lowest BCUT2D eigenvalue weighted by Gasteiger charge is -2.33. The Kier molecular flexibility index (Phi) is 8.91. The van der Waals surface area contributed by atoms with Crippen LogP contribution in [0.2, 0.25) is 0 Å². The molecule has 0 aliphatic carbocycles. The van der Waals surface area contributed by atoms with Gasteiger partial charge in [0.25, 0.3) is 5.91 Å². The molecule has 4 amide bonds. The van der Waals surface area contributed by atoms with Crippen LogP contribution < -0.4 is 15.4 Å². The van der Waals surface area contributed by atoms with E-state index < -0.39 is 12.1 Å². The Labute approximate surface area is 247 Å². The van der Waals surface area contributed by atoms with E-state index in [1.165, 1.54) is 0 Å². The van der Waals surface area contributed by atoms with E-state index in [-0.39, 0.29) is 30.3 Å². The van der Waals surface area contributed by atoms with Gasteiger partial charge in [-0.05, 0) is 61.1 Å². The average Bonchev–Trinajstić information content (AvgIpc) is 3.33. The van der Waals surface area contributed by atoms with Crippen LogP contribution in [0.25, 0.3) is 0 Å². The first-order valence-electron chi connectivity index (χ1n) is 14.6. The predicted octanol–water partition coefficient (Wildman–Crippen LogP) is 5.44. The first kappa shape index (κ1) is 28.9. The molecule has 0 spiro atoms. The molecule has 8 heteroatoms. The number of benzene rings is 3. The number of likely N-dealkylation sites (N-methyl/N-ethyl adjacent to an activating group) is 1. The number of carbonyl (C=O) groups excluding carboxylic acids is 3. The zero-order valence-corrected chi connectivity index (χ0v) is 24.4. The average molecular weight is 567 g/mol. The third kappa shape index (κ3) is 6.33. The van der Waals surface area contributed by atoms with E-state index in [1.807, 2.05) is 106 Å². The van der Waals surface area contributed by atoms with Gasteiger partial charge in [0.05, 0.1) is 23.9 Å². The number of nitrogens with one attached hydrogen (secondary N) is 2. The molecule has 0 saturated carbocycles. The highest BCUT2D eigenvalue weighted by Crippen LogP contribution is 2.38. The van der Waals surface area contributed by atoms with Crippen LogP contribution in [-0.2, 0) is 16.0 Å². The molecule has 2 heterocycles. The van der Waals surface area contributed by atoms with Gasteiger partial charge >= 0.3 is 6.03 Å². The summed E-state index contributed by atoms with van der Waals surface area (Å²) >= 11 is 0. The molecule has 218 valence electrons. The molecular formula is C34H38N4O4. The van der Waals surface area contributed by atoms with Crippen LogP contribution in [0.4, 0.5) is 4.79 Å². The second-order valence-electron chi connectivity index (χ2n) is 11.1. The molecule has 2 atom stereocenters.